The van der Waals surface area contributed by atoms with Gasteiger partial charge in [0.2, 0.25) is 11.8 Å². The molecule has 1 amide bonds. The smallest absolute Gasteiger partial charge is 0.421 e. The van der Waals surface area contributed by atoms with Crippen molar-refractivity contribution in [2.45, 2.75) is 45.1 Å². The Morgan fingerprint density at radius 1 is 1.14 bits per heavy atom. The van der Waals surface area contributed by atoms with E-state index in [1.54, 1.807) is 36.6 Å². The molecular formula is C23H27F3N4O5. The molecule has 12 heteroatoms. The molecule has 2 aliphatic rings. The first-order valence-corrected chi connectivity index (χ1v) is 11.1. The van der Waals surface area contributed by atoms with Gasteiger partial charge in [0.05, 0.1) is 44.0 Å². The van der Waals surface area contributed by atoms with Crippen LogP contribution >= 0.6 is 0 Å². The number of methoxy groups -OCH3 is 1. The SMILES string of the molecule is COc1ncc(N2CCOc3cnc(O[C@H]4CCN(C(=O)OC(C)(C)C)C4)cc32)cc1C(F)(F)F. The third kappa shape index (κ3) is 5.63. The molecule has 0 aromatic carbocycles. The lowest BCUT2D eigenvalue weighted by molar-refractivity contribution is -0.139. The number of anilines is 2. The summed E-state index contributed by atoms with van der Waals surface area (Å²) in [6, 6.07) is 2.61. The van der Waals surface area contributed by atoms with Gasteiger partial charge in [-0.05, 0) is 26.8 Å². The van der Waals surface area contributed by atoms with Gasteiger partial charge >= 0.3 is 12.3 Å². The number of rotatable bonds is 4. The Morgan fingerprint density at radius 2 is 1.91 bits per heavy atom. The molecule has 0 N–H and O–H groups in total. The van der Waals surface area contributed by atoms with Gasteiger partial charge in [0.1, 0.15) is 23.9 Å². The number of hydrogen-bond acceptors (Lipinski definition) is 8. The number of carbonyl (C=O) groups is 1. The second kappa shape index (κ2) is 9.31. The van der Waals surface area contributed by atoms with E-state index in [2.05, 4.69) is 9.97 Å². The summed E-state index contributed by atoms with van der Waals surface area (Å²) in [7, 11) is 1.14. The van der Waals surface area contributed by atoms with Gasteiger partial charge in [-0.1, -0.05) is 0 Å². The number of pyridine rings is 2. The van der Waals surface area contributed by atoms with Crippen molar-refractivity contribution in [2.24, 2.45) is 0 Å². The molecule has 1 fully saturated rings. The molecule has 4 rings (SSSR count). The van der Waals surface area contributed by atoms with Crippen molar-refractivity contribution in [1.82, 2.24) is 14.9 Å². The number of ether oxygens (including phenoxy) is 4. The Bertz CT molecular complexity index is 1090. The molecule has 4 heterocycles. The van der Waals surface area contributed by atoms with Crippen LogP contribution in [0.5, 0.6) is 17.5 Å². The number of likely N-dealkylation sites (tertiary alicyclic amines) is 1. The van der Waals surface area contributed by atoms with Gasteiger partial charge in [-0.25, -0.2) is 14.8 Å². The lowest BCUT2D eigenvalue weighted by Gasteiger charge is -2.31. The number of alkyl halides is 3. The summed E-state index contributed by atoms with van der Waals surface area (Å²) in [5.41, 5.74) is -0.827. The van der Waals surface area contributed by atoms with Gasteiger partial charge in [0, 0.05) is 19.0 Å². The zero-order chi connectivity index (χ0) is 25.4. The second-order valence-electron chi connectivity index (χ2n) is 9.19. The fraction of sp³-hybridized carbons (Fsp3) is 0.522. The highest BCUT2D eigenvalue weighted by atomic mass is 19.4. The van der Waals surface area contributed by atoms with Crippen LogP contribution in [-0.2, 0) is 10.9 Å². The Morgan fingerprint density at radius 3 is 2.60 bits per heavy atom. The van der Waals surface area contributed by atoms with Crippen LogP contribution in [0.3, 0.4) is 0 Å². The van der Waals surface area contributed by atoms with Crippen LogP contribution in [0.4, 0.5) is 29.3 Å². The summed E-state index contributed by atoms with van der Waals surface area (Å²) >= 11 is 0. The Labute approximate surface area is 200 Å². The molecule has 0 saturated carbocycles. The van der Waals surface area contributed by atoms with Crippen molar-refractivity contribution in [1.29, 1.82) is 0 Å². The average Bonchev–Trinajstić information content (AvgIpc) is 3.25. The van der Waals surface area contributed by atoms with Gasteiger partial charge in [0.15, 0.2) is 5.75 Å². The molecule has 2 aliphatic heterocycles. The minimum Gasteiger partial charge on any atom is -0.488 e. The molecule has 190 valence electrons. The van der Waals surface area contributed by atoms with Crippen molar-refractivity contribution in [3.63, 3.8) is 0 Å². The Hall–Kier alpha value is -3.44. The number of halogens is 3. The van der Waals surface area contributed by atoms with E-state index < -0.39 is 29.3 Å². The number of carbonyl (C=O) groups excluding carboxylic acids is 1. The third-order valence-electron chi connectivity index (χ3n) is 5.42. The third-order valence-corrected chi connectivity index (χ3v) is 5.42. The van der Waals surface area contributed by atoms with Gasteiger partial charge in [0.25, 0.3) is 0 Å². The van der Waals surface area contributed by atoms with Crippen LogP contribution < -0.4 is 19.1 Å². The Kier molecular flexibility index (Phi) is 6.56. The Balaban J connectivity index is 1.53. The normalized spacial score (nSPS) is 18.1. The highest BCUT2D eigenvalue weighted by Gasteiger charge is 2.37. The molecule has 0 bridgehead atoms. The molecule has 2 aromatic heterocycles. The predicted octanol–water partition coefficient (Wildman–Crippen LogP) is 4.42. The van der Waals surface area contributed by atoms with E-state index in [4.69, 9.17) is 18.9 Å². The van der Waals surface area contributed by atoms with E-state index in [-0.39, 0.29) is 24.3 Å². The van der Waals surface area contributed by atoms with Crippen molar-refractivity contribution >= 4 is 17.5 Å². The van der Waals surface area contributed by atoms with Crippen LogP contribution in [-0.4, -0.2) is 66.0 Å². The first-order valence-electron chi connectivity index (χ1n) is 11.1. The van der Waals surface area contributed by atoms with Crippen molar-refractivity contribution < 1.29 is 36.9 Å². The molecular weight excluding hydrogens is 469 g/mol. The average molecular weight is 496 g/mol. The molecule has 0 radical (unpaired) electrons. The molecule has 1 saturated heterocycles. The standard InChI is InChI=1S/C23H27F3N4O5/c1-22(2,3)35-21(31)29-6-5-15(13-29)34-19-10-17-18(12-27-19)33-8-7-30(17)14-9-16(23(24,25)26)20(32-4)28-11-14/h9-12,15H,5-8,13H2,1-4H3/t15-/m0/s1. The molecule has 0 spiro atoms. The first kappa shape index (κ1) is 24.7. The van der Waals surface area contributed by atoms with Gasteiger partial charge < -0.3 is 28.7 Å². The summed E-state index contributed by atoms with van der Waals surface area (Å²) < 4.78 is 62.4. The van der Waals surface area contributed by atoms with Gasteiger partial charge in [-0.3, -0.25) is 0 Å². The lowest BCUT2D eigenvalue weighted by Crippen LogP contribution is -2.36. The monoisotopic (exact) mass is 496 g/mol. The number of amides is 1. The fourth-order valence-corrected chi connectivity index (χ4v) is 3.88. The quantitative estimate of drug-likeness (QED) is 0.615. The van der Waals surface area contributed by atoms with E-state index in [1.807, 2.05) is 0 Å². The van der Waals surface area contributed by atoms with Crippen LogP contribution in [0.15, 0.2) is 24.5 Å². The van der Waals surface area contributed by atoms with Gasteiger partial charge in [-0.2, -0.15) is 13.2 Å². The maximum atomic E-state index is 13.5. The fourth-order valence-electron chi connectivity index (χ4n) is 3.88. The molecule has 2 aromatic rings. The van der Waals surface area contributed by atoms with Crippen LogP contribution in [0.2, 0.25) is 0 Å². The van der Waals surface area contributed by atoms with E-state index in [1.165, 1.54) is 12.4 Å². The maximum absolute atomic E-state index is 13.5. The van der Waals surface area contributed by atoms with E-state index >= 15 is 0 Å². The summed E-state index contributed by atoms with van der Waals surface area (Å²) in [6.07, 6.45) is -1.95. The first-order chi connectivity index (χ1) is 16.4. The van der Waals surface area contributed by atoms with Crippen molar-refractivity contribution in [2.75, 3.05) is 38.3 Å². The zero-order valence-electron chi connectivity index (χ0n) is 19.9. The molecule has 1 atom stereocenters. The highest BCUT2D eigenvalue weighted by molar-refractivity contribution is 5.71. The van der Waals surface area contributed by atoms with Crippen LogP contribution in [0.25, 0.3) is 0 Å². The number of fused-ring (bicyclic) bond motifs is 1. The number of hydrogen-bond donors (Lipinski definition) is 0. The van der Waals surface area contributed by atoms with Gasteiger partial charge in [-0.15, -0.1) is 0 Å². The molecule has 0 aliphatic carbocycles. The maximum Gasteiger partial charge on any atom is 0.421 e. The van der Waals surface area contributed by atoms with Crippen LogP contribution in [0.1, 0.15) is 32.8 Å². The van der Waals surface area contributed by atoms with Crippen molar-refractivity contribution in [3.05, 3.63) is 30.1 Å². The summed E-state index contributed by atoms with van der Waals surface area (Å²) in [4.78, 5) is 23.7. The highest BCUT2D eigenvalue weighted by Crippen LogP contribution is 2.42. The zero-order valence-corrected chi connectivity index (χ0v) is 19.9. The minimum absolute atomic E-state index is 0.233. The summed E-state index contributed by atoms with van der Waals surface area (Å²) in [5, 5.41) is 0. The predicted molar refractivity (Wildman–Crippen MR) is 119 cm³/mol. The van der Waals surface area contributed by atoms with E-state index in [9.17, 15) is 18.0 Å². The minimum atomic E-state index is -4.63. The topological polar surface area (TPSA) is 86.3 Å². The molecule has 9 nitrogen and oxygen atoms in total. The largest absolute Gasteiger partial charge is 0.488 e. The van der Waals surface area contributed by atoms with E-state index in [0.717, 1.165) is 13.2 Å². The van der Waals surface area contributed by atoms with E-state index in [0.29, 0.717) is 37.5 Å². The summed E-state index contributed by atoms with van der Waals surface area (Å²) in [5.74, 6) is 0.187. The molecule has 35 heavy (non-hydrogen) atoms. The number of aromatic nitrogens is 2. The van der Waals surface area contributed by atoms with Crippen molar-refractivity contribution in [3.8, 4) is 17.5 Å². The van der Waals surface area contributed by atoms with Crippen LogP contribution in [0, 0.1) is 0 Å². The summed E-state index contributed by atoms with van der Waals surface area (Å²) in [6.45, 7) is 6.79. The molecule has 0 unspecified atom stereocenters. The lowest BCUT2D eigenvalue weighted by atomic mass is 10.2. The number of nitrogens with zero attached hydrogens (tertiary/aromatic N) is 4. The second-order valence-corrected chi connectivity index (χ2v) is 9.19.